The number of aromatic nitrogens is 2. The molecule has 0 unspecified atom stereocenters. The molecule has 15 heavy (non-hydrogen) atoms. The molecule has 0 atom stereocenters. The number of hydrogen-bond donors (Lipinski definition) is 4. The van der Waals surface area contributed by atoms with Gasteiger partial charge in [-0.2, -0.15) is 0 Å². The molecular formula is C8H12N4O3. The van der Waals surface area contributed by atoms with Crippen LogP contribution in [0.4, 0.5) is 5.82 Å². The van der Waals surface area contributed by atoms with Crippen molar-refractivity contribution in [2.75, 3.05) is 18.5 Å². The topological polar surface area (TPSA) is 121 Å². The van der Waals surface area contributed by atoms with Crippen LogP contribution in [-0.2, 0) is 0 Å². The van der Waals surface area contributed by atoms with Crippen LogP contribution in [0, 0.1) is 0 Å². The first kappa shape index (κ1) is 11.3. The molecule has 0 radical (unpaired) electrons. The number of aliphatic hydroxyl groups is 2. The fourth-order valence-electron chi connectivity index (χ4n) is 0.899. The Morgan fingerprint density at radius 1 is 1.40 bits per heavy atom. The molecule has 82 valence electrons. The molecule has 0 aliphatic heterocycles. The fourth-order valence-corrected chi connectivity index (χ4v) is 0.899. The first-order valence-electron chi connectivity index (χ1n) is 4.29. The van der Waals surface area contributed by atoms with Crippen LogP contribution in [0.5, 0.6) is 0 Å². The maximum atomic E-state index is 10.7. The highest BCUT2D eigenvalue weighted by Gasteiger charge is 2.07. The third-order valence-corrected chi connectivity index (χ3v) is 1.71. The standard InChI is InChI=1S/C8H12N4O3/c9-8(15)6-1-2-7(12-11-6)10-5(3-13)4-14/h1-2,5,13-14H,3-4H2,(H2,9,15)(H,10,12). The minimum Gasteiger partial charge on any atom is -0.394 e. The number of nitrogens with zero attached hydrogens (tertiary/aromatic N) is 2. The lowest BCUT2D eigenvalue weighted by Gasteiger charge is -2.12. The highest BCUT2D eigenvalue weighted by molar-refractivity contribution is 5.90. The van der Waals surface area contributed by atoms with Gasteiger partial charge in [0.25, 0.3) is 5.91 Å². The van der Waals surface area contributed by atoms with E-state index in [-0.39, 0.29) is 18.9 Å². The smallest absolute Gasteiger partial charge is 0.269 e. The van der Waals surface area contributed by atoms with E-state index in [1.165, 1.54) is 12.1 Å². The normalized spacial score (nSPS) is 10.3. The Hall–Kier alpha value is -1.73. The van der Waals surface area contributed by atoms with Crippen LogP contribution in [-0.4, -0.2) is 45.6 Å². The van der Waals surface area contributed by atoms with E-state index in [1.54, 1.807) is 0 Å². The second-order valence-electron chi connectivity index (χ2n) is 2.87. The molecule has 7 nitrogen and oxygen atoms in total. The number of carbonyl (C=O) groups excluding carboxylic acids is 1. The minimum atomic E-state index is -0.657. The van der Waals surface area contributed by atoms with Crippen LogP contribution < -0.4 is 11.1 Å². The Kier molecular flexibility index (Phi) is 3.95. The van der Waals surface area contributed by atoms with E-state index in [9.17, 15) is 4.79 Å². The summed E-state index contributed by atoms with van der Waals surface area (Å²) < 4.78 is 0. The number of primary amides is 1. The van der Waals surface area contributed by atoms with E-state index < -0.39 is 11.9 Å². The average molecular weight is 212 g/mol. The summed E-state index contributed by atoms with van der Waals surface area (Å²) >= 11 is 0. The lowest BCUT2D eigenvalue weighted by Crippen LogP contribution is -2.28. The van der Waals surface area contributed by atoms with Crippen LogP contribution >= 0.6 is 0 Å². The quantitative estimate of drug-likeness (QED) is 0.463. The van der Waals surface area contributed by atoms with Gasteiger partial charge < -0.3 is 21.3 Å². The van der Waals surface area contributed by atoms with Crippen molar-refractivity contribution < 1.29 is 15.0 Å². The van der Waals surface area contributed by atoms with Crippen LogP contribution in [0.1, 0.15) is 10.5 Å². The Bertz CT molecular complexity index is 323. The number of anilines is 1. The minimum absolute atomic E-state index is 0.0603. The van der Waals surface area contributed by atoms with Gasteiger partial charge in [0.05, 0.1) is 19.3 Å². The second-order valence-corrected chi connectivity index (χ2v) is 2.87. The van der Waals surface area contributed by atoms with Gasteiger partial charge in [-0.05, 0) is 12.1 Å². The summed E-state index contributed by atoms with van der Waals surface area (Å²) in [6, 6.07) is 2.40. The molecule has 1 aromatic rings. The van der Waals surface area contributed by atoms with Gasteiger partial charge >= 0.3 is 0 Å². The predicted molar refractivity (Wildman–Crippen MR) is 52.1 cm³/mol. The summed E-state index contributed by atoms with van der Waals surface area (Å²) in [5.74, 6) is -0.303. The number of aliphatic hydroxyl groups excluding tert-OH is 2. The van der Waals surface area contributed by atoms with Gasteiger partial charge in [-0.1, -0.05) is 0 Å². The molecule has 1 rings (SSSR count). The van der Waals surface area contributed by atoms with Gasteiger partial charge in [-0.3, -0.25) is 4.79 Å². The number of nitrogens with one attached hydrogen (secondary N) is 1. The molecule has 0 aliphatic carbocycles. The molecule has 1 heterocycles. The Labute approximate surface area is 85.9 Å². The van der Waals surface area contributed by atoms with Crippen LogP contribution in [0.15, 0.2) is 12.1 Å². The largest absolute Gasteiger partial charge is 0.394 e. The zero-order chi connectivity index (χ0) is 11.3. The number of rotatable bonds is 5. The molecule has 1 amide bonds. The third-order valence-electron chi connectivity index (χ3n) is 1.71. The zero-order valence-electron chi connectivity index (χ0n) is 7.92. The second kappa shape index (κ2) is 5.23. The Morgan fingerprint density at radius 3 is 2.47 bits per heavy atom. The number of hydrogen-bond acceptors (Lipinski definition) is 6. The summed E-state index contributed by atoms with van der Waals surface area (Å²) in [7, 11) is 0. The summed E-state index contributed by atoms with van der Waals surface area (Å²) in [4.78, 5) is 10.7. The molecule has 0 spiro atoms. The van der Waals surface area contributed by atoms with Crippen molar-refractivity contribution in [3.8, 4) is 0 Å². The van der Waals surface area contributed by atoms with Crippen molar-refractivity contribution in [1.29, 1.82) is 0 Å². The van der Waals surface area contributed by atoms with Crippen molar-refractivity contribution in [2.45, 2.75) is 6.04 Å². The van der Waals surface area contributed by atoms with Gasteiger partial charge in [0, 0.05) is 0 Å². The molecule has 0 aromatic carbocycles. The molecule has 5 N–H and O–H groups in total. The van der Waals surface area contributed by atoms with E-state index in [0.29, 0.717) is 5.82 Å². The van der Waals surface area contributed by atoms with E-state index in [4.69, 9.17) is 15.9 Å². The van der Waals surface area contributed by atoms with Crippen LogP contribution in [0.3, 0.4) is 0 Å². The first-order valence-corrected chi connectivity index (χ1v) is 4.29. The molecular weight excluding hydrogens is 200 g/mol. The van der Waals surface area contributed by atoms with Gasteiger partial charge in [-0.25, -0.2) is 0 Å². The van der Waals surface area contributed by atoms with Gasteiger partial charge in [0.1, 0.15) is 5.82 Å². The fraction of sp³-hybridized carbons (Fsp3) is 0.375. The van der Waals surface area contributed by atoms with Crippen molar-refractivity contribution in [1.82, 2.24) is 10.2 Å². The number of carbonyl (C=O) groups is 1. The predicted octanol–water partition coefficient (Wildman–Crippen LogP) is -1.66. The SMILES string of the molecule is NC(=O)c1ccc(NC(CO)CO)nn1. The summed E-state index contributed by atoms with van der Waals surface area (Å²) in [5, 5.41) is 27.5. The zero-order valence-corrected chi connectivity index (χ0v) is 7.92. The lowest BCUT2D eigenvalue weighted by atomic mass is 10.3. The van der Waals surface area contributed by atoms with E-state index >= 15 is 0 Å². The maximum Gasteiger partial charge on any atom is 0.269 e. The monoisotopic (exact) mass is 212 g/mol. The first-order chi connectivity index (χ1) is 7.17. The summed E-state index contributed by atoms with van der Waals surface area (Å²) in [5.41, 5.74) is 5.04. The van der Waals surface area contributed by atoms with Crippen molar-refractivity contribution >= 4 is 11.7 Å². The third kappa shape index (κ3) is 3.15. The van der Waals surface area contributed by atoms with E-state index in [2.05, 4.69) is 15.5 Å². The van der Waals surface area contributed by atoms with Crippen LogP contribution in [0.25, 0.3) is 0 Å². The van der Waals surface area contributed by atoms with E-state index in [0.717, 1.165) is 0 Å². The van der Waals surface area contributed by atoms with Gasteiger partial charge in [0.15, 0.2) is 5.69 Å². The molecule has 0 fully saturated rings. The Balaban J connectivity index is 2.67. The number of nitrogens with two attached hydrogens (primary N) is 1. The van der Waals surface area contributed by atoms with Gasteiger partial charge in [0.2, 0.25) is 0 Å². The maximum absolute atomic E-state index is 10.7. The summed E-state index contributed by atoms with van der Waals surface area (Å²) in [6.45, 7) is -0.453. The van der Waals surface area contributed by atoms with Gasteiger partial charge in [-0.15, -0.1) is 10.2 Å². The van der Waals surface area contributed by atoms with Crippen molar-refractivity contribution in [3.63, 3.8) is 0 Å². The Morgan fingerprint density at radius 2 is 2.07 bits per heavy atom. The molecule has 7 heteroatoms. The molecule has 0 saturated heterocycles. The molecule has 0 bridgehead atoms. The van der Waals surface area contributed by atoms with E-state index in [1.807, 2.05) is 0 Å². The molecule has 0 aliphatic rings. The number of amides is 1. The van der Waals surface area contributed by atoms with Crippen molar-refractivity contribution in [3.05, 3.63) is 17.8 Å². The molecule has 0 saturated carbocycles. The highest BCUT2D eigenvalue weighted by Crippen LogP contribution is 2.03. The van der Waals surface area contributed by atoms with Crippen LogP contribution in [0.2, 0.25) is 0 Å². The lowest BCUT2D eigenvalue weighted by molar-refractivity contribution is 0.0994. The highest BCUT2D eigenvalue weighted by atomic mass is 16.3. The van der Waals surface area contributed by atoms with Crippen molar-refractivity contribution in [2.24, 2.45) is 5.73 Å². The molecule has 1 aromatic heterocycles. The average Bonchev–Trinajstić information content (AvgIpc) is 2.26. The summed E-state index contributed by atoms with van der Waals surface area (Å²) in [6.07, 6.45) is 0.